The number of aliphatic carboxylic acids is 1. The molecule has 6 nitrogen and oxygen atoms in total. The second-order valence-corrected chi connectivity index (χ2v) is 5.93. The molecule has 0 spiro atoms. The summed E-state index contributed by atoms with van der Waals surface area (Å²) in [5, 5.41) is 9.35. The van der Waals surface area contributed by atoms with Crippen LogP contribution in [0.15, 0.2) is 0 Å². The second kappa shape index (κ2) is 4.12. The van der Waals surface area contributed by atoms with E-state index in [4.69, 9.17) is 9.47 Å². The van der Waals surface area contributed by atoms with Crippen LogP contribution >= 0.6 is 0 Å². The average Bonchev–Trinajstić information content (AvgIpc) is 2.69. The minimum Gasteiger partial charge on any atom is -0.481 e. The number of carboxylic acids is 1. The van der Waals surface area contributed by atoms with Crippen LogP contribution in [0.1, 0.15) is 27.2 Å². The zero-order chi connectivity index (χ0) is 13.6. The topological polar surface area (TPSA) is 76.1 Å². The lowest BCUT2D eigenvalue weighted by molar-refractivity contribution is -0.149. The van der Waals surface area contributed by atoms with E-state index in [-0.39, 0.29) is 6.54 Å². The molecular weight excluding hydrogens is 238 g/mol. The van der Waals surface area contributed by atoms with Gasteiger partial charge in [-0.2, -0.15) is 0 Å². The van der Waals surface area contributed by atoms with Gasteiger partial charge in [0.2, 0.25) is 0 Å². The number of carbonyl (C=O) groups is 2. The molecule has 0 aromatic rings. The molecule has 0 aromatic heterocycles. The number of ether oxygens (including phenoxy) is 2. The van der Waals surface area contributed by atoms with Crippen molar-refractivity contribution in [2.45, 2.75) is 38.9 Å². The lowest BCUT2D eigenvalue weighted by atomic mass is 9.84. The second-order valence-electron chi connectivity index (χ2n) is 5.93. The van der Waals surface area contributed by atoms with E-state index in [1.165, 1.54) is 4.90 Å². The van der Waals surface area contributed by atoms with Crippen LogP contribution in [0.5, 0.6) is 0 Å². The number of hydrogen-bond donors (Lipinski definition) is 1. The van der Waals surface area contributed by atoms with Crippen LogP contribution in [-0.4, -0.2) is 53.5 Å². The molecule has 0 aromatic carbocycles. The number of amides is 1. The molecule has 2 saturated heterocycles. The highest BCUT2D eigenvalue weighted by Gasteiger charge is 2.57. The van der Waals surface area contributed by atoms with E-state index >= 15 is 0 Å². The zero-order valence-electron chi connectivity index (χ0n) is 10.9. The first-order valence-corrected chi connectivity index (χ1v) is 6.07. The summed E-state index contributed by atoms with van der Waals surface area (Å²) in [6.07, 6.45) is -0.435. The van der Waals surface area contributed by atoms with Gasteiger partial charge in [-0.3, -0.25) is 4.79 Å². The number of rotatable bonds is 1. The van der Waals surface area contributed by atoms with Gasteiger partial charge in [0.05, 0.1) is 12.6 Å². The van der Waals surface area contributed by atoms with Crippen LogP contribution in [0, 0.1) is 5.41 Å². The molecule has 0 aliphatic carbocycles. The third-order valence-electron chi connectivity index (χ3n) is 3.42. The predicted molar refractivity (Wildman–Crippen MR) is 62.2 cm³/mol. The van der Waals surface area contributed by atoms with Gasteiger partial charge in [-0.1, -0.05) is 0 Å². The normalized spacial score (nSPS) is 31.3. The third-order valence-corrected chi connectivity index (χ3v) is 3.42. The highest BCUT2D eigenvalue weighted by molar-refractivity contribution is 5.79. The van der Waals surface area contributed by atoms with Crippen molar-refractivity contribution in [1.82, 2.24) is 4.90 Å². The molecule has 0 bridgehead atoms. The van der Waals surface area contributed by atoms with Crippen molar-refractivity contribution < 1.29 is 24.2 Å². The fourth-order valence-corrected chi connectivity index (χ4v) is 2.50. The summed E-state index contributed by atoms with van der Waals surface area (Å²) in [6.45, 7) is 6.25. The molecule has 2 rings (SSSR count). The maximum absolute atomic E-state index is 11.9. The molecule has 0 saturated carbocycles. The van der Waals surface area contributed by atoms with E-state index < -0.39 is 29.2 Å². The first-order chi connectivity index (χ1) is 8.24. The van der Waals surface area contributed by atoms with Gasteiger partial charge >= 0.3 is 12.1 Å². The number of fused-ring (bicyclic) bond motifs is 1. The van der Waals surface area contributed by atoms with Gasteiger partial charge < -0.3 is 19.5 Å². The Morgan fingerprint density at radius 3 is 2.61 bits per heavy atom. The monoisotopic (exact) mass is 257 g/mol. The Balaban J connectivity index is 2.08. The number of likely N-dealkylation sites (tertiary alicyclic amines) is 1. The summed E-state index contributed by atoms with van der Waals surface area (Å²) < 4.78 is 10.7. The highest BCUT2D eigenvalue weighted by Crippen LogP contribution is 2.41. The Kier molecular flexibility index (Phi) is 3.01. The SMILES string of the molecule is CC(C)(C)OC(=O)N1CC2OCCC2(C(=O)O)C1. The first-order valence-electron chi connectivity index (χ1n) is 6.07. The number of hydrogen-bond acceptors (Lipinski definition) is 4. The molecule has 2 atom stereocenters. The Bertz CT molecular complexity index is 375. The van der Waals surface area contributed by atoms with Crippen LogP contribution < -0.4 is 0 Å². The Morgan fingerprint density at radius 1 is 1.44 bits per heavy atom. The van der Waals surface area contributed by atoms with E-state index in [2.05, 4.69) is 0 Å². The summed E-state index contributed by atoms with van der Waals surface area (Å²) in [5.41, 5.74) is -1.52. The molecule has 1 amide bonds. The highest BCUT2D eigenvalue weighted by atomic mass is 16.6. The van der Waals surface area contributed by atoms with Gasteiger partial charge in [0.1, 0.15) is 11.0 Å². The maximum atomic E-state index is 11.9. The van der Waals surface area contributed by atoms with Crippen molar-refractivity contribution >= 4 is 12.1 Å². The number of nitrogens with zero attached hydrogens (tertiary/aromatic N) is 1. The molecule has 2 fully saturated rings. The van der Waals surface area contributed by atoms with Crippen molar-refractivity contribution in [3.05, 3.63) is 0 Å². The Labute approximate surface area is 106 Å². The van der Waals surface area contributed by atoms with E-state index in [9.17, 15) is 14.7 Å². The lowest BCUT2D eigenvalue weighted by Crippen LogP contribution is -2.40. The quantitative estimate of drug-likeness (QED) is 0.761. The van der Waals surface area contributed by atoms with Gasteiger partial charge in [0.15, 0.2) is 0 Å². The van der Waals surface area contributed by atoms with Gasteiger partial charge in [-0.05, 0) is 27.2 Å². The van der Waals surface area contributed by atoms with Crippen molar-refractivity contribution in [2.75, 3.05) is 19.7 Å². The van der Waals surface area contributed by atoms with Crippen LogP contribution in [0.2, 0.25) is 0 Å². The first kappa shape index (κ1) is 13.1. The van der Waals surface area contributed by atoms with Gasteiger partial charge in [-0.15, -0.1) is 0 Å². The average molecular weight is 257 g/mol. The van der Waals surface area contributed by atoms with E-state index in [1.807, 2.05) is 0 Å². The fraction of sp³-hybridized carbons (Fsp3) is 0.833. The Hall–Kier alpha value is -1.30. The molecule has 1 N–H and O–H groups in total. The smallest absolute Gasteiger partial charge is 0.410 e. The number of carbonyl (C=O) groups excluding carboxylic acids is 1. The standard InChI is InChI=1S/C12H19NO5/c1-11(2,3)18-10(16)13-6-8-12(7-13,9(14)15)4-5-17-8/h8H,4-7H2,1-3H3,(H,14,15). The molecule has 6 heteroatoms. The van der Waals surface area contributed by atoms with Crippen molar-refractivity contribution in [2.24, 2.45) is 5.41 Å². The minimum atomic E-state index is -0.948. The van der Waals surface area contributed by atoms with Crippen LogP contribution in [0.25, 0.3) is 0 Å². The Morgan fingerprint density at radius 2 is 2.11 bits per heavy atom. The van der Waals surface area contributed by atoms with E-state index in [0.717, 1.165) is 0 Å². The third kappa shape index (κ3) is 2.16. The summed E-state index contributed by atoms with van der Waals surface area (Å²) in [4.78, 5) is 24.7. The number of carboxylic acid groups (broad SMARTS) is 1. The van der Waals surface area contributed by atoms with Gasteiger partial charge in [-0.25, -0.2) is 4.79 Å². The molecule has 2 aliphatic heterocycles. The largest absolute Gasteiger partial charge is 0.481 e. The van der Waals surface area contributed by atoms with Crippen LogP contribution in [-0.2, 0) is 14.3 Å². The maximum Gasteiger partial charge on any atom is 0.410 e. The molecule has 0 radical (unpaired) electrons. The lowest BCUT2D eigenvalue weighted by Gasteiger charge is -2.25. The van der Waals surface area contributed by atoms with E-state index in [1.54, 1.807) is 20.8 Å². The summed E-state index contributed by atoms with van der Waals surface area (Å²) >= 11 is 0. The van der Waals surface area contributed by atoms with Gasteiger partial charge in [0, 0.05) is 13.2 Å². The summed E-state index contributed by atoms with van der Waals surface area (Å²) in [5.74, 6) is -0.893. The van der Waals surface area contributed by atoms with E-state index in [0.29, 0.717) is 19.6 Å². The predicted octanol–water partition coefficient (Wildman–Crippen LogP) is 1.10. The molecule has 2 aliphatic rings. The molecule has 2 unspecified atom stereocenters. The molecule has 18 heavy (non-hydrogen) atoms. The van der Waals surface area contributed by atoms with Crippen LogP contribution in [0.4, 0.5) is 4.79 Å². The summed E-state index contributed by atoms with van der Waals surface area (Å²) in [7, 11) is 0. The van der Waals surface area contributed by atoms with Crippen LogP contribution in [0.3, 0.4) is 0 Å². The zero-order valence-corrected chi connectivity index (χ0v) is 10.9. The van der Waals surface area contributed by atoms with Crippen molar-refractivity contribution in [3.8, 4) is 0 Å². The molecule has 102 valence electrons. The molecule has 2 heterocycles. The fourth-order valence-electron chi connectivity index (χ4n) is 2.50. The molecular formula is C12H19NO5. The minimum absolute atomic E-state index is 0.169. The van der Waals surface area contributed by atoms with Crippen molar-refractivity contribution in [3.63, 3.8) is 0 Å². The summed E-state index contributed by atoms with van der Waals surface area (Å²) in [6, 6.07) is 0. The van der Waals surface area contributed by atoms with Crippen molar-refractivity contribution in [1.29, 1.82) is 0 Å². The van der Waals surface area contributed by atoms with Gasteiger partial charge in [0.25, 0.3) is 0 Å².